The van der Waals surface area contributed by atoms with Crippen molar-refractivity contribution in [1.82, 2.24) is 5.32 Å². The third kappa shape index (κ3) is 5.76. The second-order valence-corrected chi connectivity index (χ2v) is 9.52. The number of carbonyl (C=O) groups is 2. The maximum atomic E-state index is 13.0. The summed E-state index contributed by atoms with van der Waals surface area (Å²) in [5.74, 6) is 0.449. The molecule has 0 saturated carbocycles. The molecule has 0 radical (unpaired) electrons. The summed E-state index contributed by atoms with van der Waals surface area (Å²) in [6.07, 6.45) is 1.57. The number of amides is 3. The third-order valence-corrected chi connectivity index (χ3v) is 6.51. The molecule has 180 valence electrons. The minimum atomic E-state index is -0.565. The number of rotatable bonds is 7. The second kappa shape index (κ2) is 10.9. The van der Waals surface area contributed by atoms with E-state index in [0.717, 1.165) is 10.5 Å². The van der Waals surface area contributed by atoms with E-state index in [1.165, 1.54) is 0 Å². The Labute approximate surface area is 225 Å². The van der Waals surface area contributed by atoms with Crippen molar-refractivity contribution in [3.63, 3.8) is 0 Å². The normalized spacial score (nSPS) is 14.4. The quantitative estimate of drug-likeness (QED) is 0.227. The Bertz CT molecular complexity index is 1350. The van der Waals surface area contributed by atoms with E-state index in [1.54, 1.807) is 60.7 Å². The van der Waals surface area contributed by atoms with Gasteiger partial charge in [-0.2, -0.15) is 0 Å². The summed E-state index contributed by atoms with van der Waals surface area (Å²) in [6, 6.07) is 14.6. The van der Waals surface area contributed by atoms with Crippen LogP contribution in [0.3, 0.4) is 0 Å². The predicted molar refractivity (Wildman–Crippen MR) is 142 cm³/mol. The van der Waals surface area contributed by atoms with Crippen molar-refractivity contribution in [3.8, 4) is 11.5 Å². The number of benzene rings is 3. The van der Waals surface area contributed by atoms with E-state index in [-0.39, 0.29) is 12.3 Å². The minimum absolute atomic E-state index is 0.111. The molecule has 6 nitrogen and oxygen atoms in total. The highest BCUT2D eigenvalue weighted by molar-refractivity contribution is 9.10. The summed E-state index contributed by atoms with van der Waals surface area (Å²) in [7, 11) is 0. The lowest BCUT2D eigenvalue weighted by molar-refractivity contribution is -0.113. The molecule has 4 rings (SSSR count). The highest BCUT2D eigenvalue weighted by atomic mass is 79.9. The van der Waals surface area contributed by atoms with Crippen LogP contribution in [0.2, 0.25) is 15.1 Å². The maximum absolute atomic E-state index is 13.0. The minimum Gasteiger partial charge on any atom is -0.490 e. The Morgan fingerprint density at radius 2 is 1.71 bits per heavy atom. The number of carbonyl (C=O) groups excluding carboxylic acids is 2. The fourth-order valence-electron chi connectivity index (χ4n) is 3.38. The van der Waals surface area contributed by atoms with E-state index in [4.69, 9.17) is 44.3 Å². The number of hydrogen-bond donors (Lipinski definition) is 1. The first-order chi connectivity index (χ1) is 16.8. The van der Waals surface area contributed by atoms with Crippen LogP contribution in [0, 0.1) is 0 Å². The van der Waals surface area contributed by atoms with Gasteiger partial charge in [0.1, 0.15) is 12.3 Å². The fourth-order valence-corrected chi connectivity index (χ4v) is 4.46. The van der Waals surface area contributed by atoms with Crippen molar-refractivity contribution >= 4 is 74.4 Å². The summed E-state index contributed by atoms with van der Waals surface area (Å²) >= 11 is 21.7. The molecular formula is C25H18BrCl3N2O4. The van der Waals surface area contributed by atoms with Crippen molar-refractivity contribution in [1.29, 1.82) is 0 Å². The van der Waals surface area contributed by atoms with Gasteiger partial charge >= 0.3 is 6.03 Å². The van der Waals surface area contributed by atoms with Crippen LogP contribution in [-0.4, -0.2) is 18.5 Å². The molecule has 35 heavy (non-hydrogen) atoms. The van der Waals surface area contributed by atoms with Crippen molar-refractivity contribution in [2.75, 3.05) is 11.5 Å². The molecule has 3 aromatic carbocycles. The predicted octanol–water partition coefficient (Wildman–Crippen LogP) is 7.48. The number of anilines is 1. The van der Waals surface area contributed by atoms with Gasteiger partial charge in [-0.05, 0) is 61.0 Å². The van der Waals surface area contributed by atoms with E-state index in [0.29, 0.717) is 48.9 Å². The lowest BCUT2D eigenvalue weighted by atomic mass is 10.1. The number of imide groups is 1. The summed E-state index contributed by atoms with van der Waals surface area (Å²) in [6.45, 7) is 2.45. The monoisotopic (exact) mass is 594 g/mol. The van der Waals surface area contributed by atoms with Gasteiger partial charge in [-0.3, -0.25) is 4.79 Å². The van der Waals surface area contributed by atoms with Crippen LogP contribution in [0.15, 0.2) is 64.8 Å². The Balaban J connectivity index is 1.61. The molecule has 0 atom stereocenters. The van der Waals surface area contributed by atoms with Crippen LogP contribution >= 0.6 is 50.7 Å². The van der Waals surface area contributed by atoms with Crippen molar-refractivity contribution in [3.05, 3.63) is 91.0 Å². The highest BCUT2D eigenvalue weighted by Gasteiger charge is 2.35. The number of halogens is 4. The summed E-state index contributed by atoms with van der Waals surface area (Å²) in [5.41, 5.74) is 1.87. The first-order valence-electron chi connectivity index (χ1n) is 10.4. The lowest BCUT2D eigenvalue weighted by Gasteiger charge is -2.15. The SMILES string of the molecule is CCOc1cc(C=C2NC(=O)N(c3cccc(Cl)c3)C2=O)c(Br)cc1OCc1ccc(Cl)cc1Cl. The van der Waals surface area contributed by atoms with Gasteiger partial charge in [-0.1, -0.05) is 62.9 Å². The Morgan fingerprint density at radius 1 is 0.971 bits per heavy atom. The molecule has 3 amide bonds. The molecule has 10 heteroatoms. The molecule has 1 fully saturated rings. The molecule has 1 aliphatic heterocycles. The molecule has 1 heterocycles. The standard InChI is InChI=1S/C25H18BrCl3N2O4/c1-2-34-22-9-15(19(26)12-23(22)35-13-14-6-7-17(28)11-20(14)29)8-21-24(32)31(25(33)30-21)18-5-3-4-16(27)10-18/h3-12H,2,13H2,1H3,(H,30,33). The lowest BCUT2D eigenvalue weighted by Crippen LogP contribution is -2.30. The van der Waals surface area contributed by atoms with E-state index < -0.39 is 11.9 Å². The van der Waals surface area contributed by atoms with Gasteiger partial charge in [0, 0.05) is 25.1 Å². The maximum Gasteiger partial charge on any atom is 0.333 e. The summed E-state index contributed by atoms with van der Waals surface area (Å²) in [5, 5.41) is 4.06. The van der Waals surface area contributed by atoms with E-state index in [2.05, 4.69) is 21.2 Å². The molecule has 0 aliphatic carbocycles. The molecule has 1 saturated heterocycles. The molecule has 0 spiro atoms. The van der Waals surface area contributed by atoms with Crippen molar-refractivity contribution in [2.24, 2.45) is 0 Å². The van der Waals surface area contributed by atoms with Crippen LogP contribution in [0.1, 0.15) is 18.1 Å². The van der Waals surface area contributed by atoms with Crippen LogP contribution in [0.4, 0.5) is 10.5 Å². The third-order valence-electron chi connectivity index (χ3n) is 5.01. The number of ether oxygens (including phenoxy) is 2. The Hall–Kier alpha value is -2.71. The van der Waals surface area contributed by atoms with Gasteiger partial charge in [-0.15, -0.1) is 0 Å². The zero-order chi connectivity index (χ0) is 25.1. The molecule has 0 bridgehead atoms. The van der Waals surface area contributed by atoms with E-state index in [1.807, 2.05) is 6.92 Å². The van der Waals surface area contributed by atoms with Crippen molar-refractivity contribution < 1.29 is 19.1 Å². The van der Waals surface area contributed by atoms with Crippen LogP contribution in [0.5, 0.6) is 11.5 Å². The van der Waals surface area contributed by atoms with Crippen molar-refractivity contribution in [2.45, 2.75) is 13.5 Å². The smallest absolute Gasteiger partial charge is 0.333 e. The second-order valence-electron chi connectivity index (χ2n) is 7.39. The van der Waals surface area contributed by atoms with Gasteiger partial charge in [0.15, 0.2) is 11.5 Å². The highest BCUT2D eigenvalue weighted by Crippen LogP contribution is 2.36. The van der Waals surface area contributed by atoms with Crippen LogP contribution < -0.4 is 19.7 Å². The Kier molecular flexibility index (Phi) is 7.91. The van der Waals surface area contributed by atoms with E-state index >= 15 is 0 Å². The van der Waals surface area contributed by atoms with Gasteiger partial charge < -0.3 is 14.8 Å². The van der Waals surface area contributed by atoms with Crippen LogP contribution in [-0.2, 0) is 11.4 Å². The molecule has 0 unspecified atom stereocenters. The first kappa shape index (κ1) is 25.4. The number of hydrogen-bond acceptors (Lipinski definition) is 4. The zero-order valence-corrected chi connectivity index (χ0v) is 22.1. The van der Waals surface area contributed by atoms with Gasteiger partial charge in [0.05, 0.1) is 12.3 Å². The van der Waals surface area contributed by atoms with Gasteiger partial charge in [0.25, 0.3) is 5.91 Å². The number of nitrogens with zero attached hydrogens (tertiary/aromatic N) is 1. The summed E-state index contributed by atoms with van der Waals surface area (Å²) < 4.78 is 12.4. The molecule has 0 aromatic heterocycles. The van der Waals surface area contributed by atoms with Crippen LogP contribution in [0.25, 0.3) is 6.08 Å². The largest absolute Gasteiger partial charge is 0.490 e. The molecule has 1 N–H and O–H groups in total. The topological polar surface area (TPSA) is 67.9 Å². The van der Waals surface area contributed by atoms with Gasteiger partial charge in [-0.25, -0.2) is 9.69 Å². The fraction of sp³-hybridized carbons (Fsp3) is 0.120. The van der Waals surface area contributed by atoms with Gasteiger partial charge in [0.2, 0.25) is 0 Å². The number of urea groups is 1. The average Bonchev–Trinajstić information content (AvgIpc) is 3.08. The first-order valence-corrected chi connectivity index (χ1v) is 12.3. The number of nitrogens with one attached hydrogen (secondary N) is 1. The molecule has 3 aromatic rings. The van der Waals surface area contributed by atoms with E-state index in [9.17, 15) is 9.59 Å². The summed E-state index contributed by atoms with van der Waals surface area (Å²) in [4.78, 5) is 26.5. The zero-order valence-electron chi connectivity index (χ0n) is 18.3. The average molecular weight is 597 g/mol. The molecular weight excluding hydrogens is 579 g/mol. The Morgan fingerprint density at radius 3 is 2.43 bits per heavy atom. The molecule has 1 aliphatic rings.